The molecule has 2 aromatic carbocycles. The molecule has 0 saturated carbocycles. The van der Waals surface area contributed by atoms with Crippen molar-refractivity contribution in [3.05, 3.63) is 59.7 Å². The molecule has 0 bridgehead atoms. The van der Waals surface area contributed by atoms with Gasteiger partial charge in [0.15, 0.2) is 0 Å². The molecule has 5 heteroatoms. The van der Waals surface area contributed by atoms with E-state index in [2.05, 4.69) is 23.4 Å². The summed E-state index contributed by atoms with van der Waals surface area (Å²) in [6.45, 7) is 1.67. The zero-order chi connectivity index (χ0) is 19.4. The number of alkyl carbamates (subject to hydrolysis) is 1. The molecule has 5 nitrogen and oxygen atoms in total. The van der Waals surface area contributed by atoms with Gasteiger partial charge in [0.05, 0.1) is 7.11 Å². The van der Waals surface area contributed by atoms with Gasteiger partial charge in [-0.25, -0.2) is 9.59 Å². The first kappa shape index (κ1) is 18.5. The predicted molar refractivity (Wildman–Crippen MR) is 102 cm³/mol. The molecular weight excluding hydrogens is 342 g/mol. The van der Waals surface area contributed by atoms with E-state index in [1.807, 2.05) is 36.4 Å². The number of carbonyl (C=O) groups excluding carboxylic acids is 2. The molecule has 1 N–H and O–H groups in total. The molecule has 0 aromatic heterocycles. The third-order valence-corrected chi connectivity index (χ3v) is 4.81. The third-order valence-electron chi connectivity index (χ3n) is 4.81. The van der Waals surface area contributed by atoms with Crippen LogP contribution >= 0.6 is 0 Å². The number of methoxy groups -OCH3 is 1. The number of terminal acetylenes is 1. The lowest BCUT2D eigenvalue weighted by Gasteiger charge is -2.25. The molecule has 1 aliphatic rings. The van der Waals surface area contributed by atoms with Gasteiger partial charge in [-0.15, -0.1) is 12.3 Å². The number of ether oxygens (including phenoxy) is 2. The van der Waals surface area contributed by atoms with Crippen molar-refractivity contribution in [3.8, 4) is 23.5 Å². The Morgan fingerprint density at radius 3 is 2.19 bits per heavy atom. The van der Waals surface area contributed by atoms with Gasteiger partial charge in [0.1, 0.15) is 12.1 Å². The zero-order valence-electron chi connectivity index (χ0n) is 15.3. The van der Waals surface area contributed by atoms with E-state index in [0.29, 0.717) is 0 Å². The highest BCUT2D eigenvalue weighted by molar-refractivity contribution is 5.85. The van der Waals surface area contributed by atoms with E-state index in [1.165, 1.54) is 14.0 Å². The van der Waals surface area contributed by atoms with Gasteiger partial charge in [0.2, 0.25) is 0 Å². The molecule has 2 aromatic rings. The minimum absolute atomic E-state index is 0.00384. The molecule has 0 unspecified atom stereocenters. The van der Waals surface area contributed by atoms with Crippen molar-refractivity contribution in [2.24, 2.45) is 0 Å². The van der Waals surface area contributed by atoms with Gasteiger partial charge < -0.3 is 14.8 Å². The van der Waals surface area contributed by atoms with E-state index >= 15 is 0 Å². The van der Waals surface area contributed by atoms with Crippen LogP contribution in [0.1, 0.15) is 30.4 Å². The Hall–Kier alpha value is -3.26. The summed E-state index contributed by atoms with van der Waals surface area (Å²) < 4.78 is 10.2. The van der Waals surface area contributed by atoms with Gasteiger partial charge in [-0.05, 0) is 29.2 Å². The fraction of sp³-hybridized carbons (Fsp3) is 0.273. The van der Waals surface area contributed by atoms with E-state index in [0.717, 1.165) is 22.3 Å². The minimum atomic E-state index is -1.33. The van der Waals surface area contributed by atoms with Crippen LogP contribution in [0.5, 0.6) is 0 Å². The molecule has 0 saturated heterocycles. The normalized spacial score (nSPS) is 14.3. The van der Waals surface area contributed by atoms with E-state index in [9.17, 15) is 9.59 Å². The highest BCUT2D eigenvalue weighted by atomic mass is 16.6. The maximum Gasteiger partial charge on any atom is 0.408 e. The van der Waals surface area contributed by atoms with Crippen LogP contribution in [0, 0.1) is 12.3 Å². The molecule has 0 radical (unpaired) electrons. The van der Waals surface area contributed by atoms with Crippen molar-refractivity contribution in [1.29, 1.82) is 0 Å². The lowest BCUT2D eigenvalue weighted by atomic mass is 9.98. The molecule has 0 aliphatic heterocycles. The standard InChI is InChI=1S/C22H21NO4/c1-4-13-22(2,20(24)26-3)23-21(25)27-14-19-17-11-7-5-9-15(17)16-10-6-8-12-18(16)19/h1,5-12,19H,13-14H2,2-3H3,(H,23,25)/t22-/m0/s1. The summed E-state index contributed by atoms with van der Waals surface area (Å²) in [5.74, 6) is 1.71. The van der Waals surface area contributed by atoms with Gasteiger partial charge in [-0.2, -0.15) is 0 Å². The molecule has 1 atom stereocenters. The van der Waals surface area contributed by atoms with Crippen LogP contribution in [-0.4, -0.2) is 31.3 Å². The van der Waals surface area contributed by atoms with Crippen LogP contribution in [0.2, 0.25) is 0 Å². The average molecular weight is 363 g/mol. The smallest absolute Gasteiger partial charge is 0.408 e. The van der Waals surface area contributed by atoms with Crippen molar-refractivity contribution in [3.63, 3.8) is 0 Å². The number of hydrogen-bond donors (Lipinski definition) is 1. The number of fused-ring (bicyclic) bond motifs is 3. The Balaban J connectivity index is 1.74. The fourth-order valence-electron chi connectivity index (χ4n) is 3.46. The molecule has 0 heterocycles. The first-order valence-corrected chi connectivity index (χ1v) is 8.65. The Kier molecular flexibility index (Phi) is 5.18. The van der Waals surface area contributed by atoms with Crippen molar-refractivity contribution >= 4 is 12.1 Å². The van der Waals surface area contributed by atoms with Crippen LogP contribution < -0.4 is 5.32 Å². The molecule has 0 fully saturated rings. The Bertz CT molecular complexity index is 869. The lowest BCUT2D eigenvalue weighted by molar-refractivity contribution is -0.147. The molecular formula is C22H21NO4. The number of nitrogens with one attached hydrogen (secondary N) is 1. The number of amides is 1. The summed E-state index contributed by atoms with van der Waals surface area (Å²) in [5, 5.41) is 2.54. The summed E-state index contributed by atoms with van der Waals surface area (Å²) in [7, 11) is 1.25. The molecule has 138 valence electrons. The first-order chi connectivity index (χ1) is 13.0. The van der Waals surface area contributed by atoms with Crippen molar-refractivity contribution in [2.45, 2.75) is 24.8 Å². The van der Waals surface area contributed by atoms with Crippen molar-refractivity contribution < 1.29 is 19.1 Å². The average Bonchev–Trinajstić information content (AvgIpc) is 3.00. The van der Waals surface area contributed by atoms with Gasteiger partial charge in [-0.1, -0.05) is 48.5 Å². The monoisotopic (exact) mass is 363 g/mol. The van der Waals surface area contributed by atoms with E-state index in [1.54, 1.807) is 0 Å². The highest BCUT2D eigenvalue weighted by Crippen LogP contribution is 2.44. The van der Waals surface area contributed by atoms with E-state index in [4.69, 9.17) is 15.9 Å². The number of esters is 1. The van der Waals surface area contributed by atoms with E-state index < -0.39 is 17.6 Å². The number of benzene rings is 2. The summed E-state index contributed by atoms with van der Waals surface area (Å²) in [4.78, 5) is 24.3. The Labute approximate surface area is 158 Å². The van der Waals surface area contributed by atoms with Crippen LogP contribution in [0.4, 0.5) is 4.79 Å². The number of hydrogen-bond acceptors (Lipinski definition) is 4. The largest absolute Gasteiger partial charge is 0.467 e. The maximum absolute atomic E-state index is 12.3. The minimum Gasteiger partial charge on any atom is -0.467 e. The number of carbonyl (C=O) groups is 2. The predicted octanol–water partition coefficient (Wildman–Crippen LogP) is 3.48. The Morgan fingerprint density at radius 1 is 1.11 bits per heavy atom. The van der Waals surface area contributed by atoms with Crippen molar-refractivity contribution in [1.82, 2.24) is 5.32 Å². The first-order valence-electron chi connectivity index (χ1n) is 8.65. The van der Waals surface area contributed by atoms with Gasteiger partial charge in [0, 0.05) is 12.3 Å². The molecule has 1 amide bonds. The second kappa shape index (κ2) is 7.55. The SMILES string of the molecule is C#CC[C@](C)(NC(=O)OCC1c2ccccc2-c2ccccc21)C(=O)OC. The van der Waals surface area contributed by atoms with Crippen LogP contribution in [0.25, 0.3) is 11.1 Å². The summed E-state index contributed by atoms with van der Waals surface area (Å²) in [6, 6.07) is 16.1. The lowest BCUT2D eigenvalue weighted by Crippen LogP contribution is -2.52. The second-order valence-corrected chi connectivity index (χ2v) is 6.66. The quantitative estimate of drug-likeness (QED) is 0.652. The summed E-state index contributed by atoms with van der Waals surface area (Å²) >= 11 is 0. The molecule has 1 aliphatic carbocycles. The highest BCUT2D eigenvalue weighted by Gasteiger charge is 2.36. The topological polar surface area (TPSA) is 64.6 Å². The maximum atomic E-state index is 12.3. The fourth-order valence-corrected chi connectivity index (χ4v) is 3.46. The molecule has 27 heavy (non-hydrogen) atoms. The molecule has 3 rings (SSSR count). The summed E-state index contributed by atoms with van der Waals surface area (Å²) in [5.41, 5.74) is 3.20. The molecule has 0 spiro atoms. The van der Waals surface area contributed by atoms with Crippen LogP contribution in [0.15, 0.2) is 48.5 Å². The summed E-state index contributed by atoms with van der Waals surface area (Å²) in [6.07, 6.45) is 4.61. The van der Waals surface area contributed by atoms with E-state index in [-0.39, 0.29) is 18.9 Å². The third kappa shape index (κ3) is 3.52. The van der Waals surface area contributed by atoms with Crippen molar-refractivity contribution in [2.75, 3.05) is 13.7 Å². The zero-order valence-corrected chi connectivity index (χ0v) is 15.3. The van der Waals surface area contributed by atoms with Gasteiger partial charge in [-0.3, -0.25) is 0 Å². The number of rotatable bonds is 5. The van der Waals surface area contributed by atoms with Gasteiger partial charge >= 0.3 is 12.1 Å². The van der Waals surface area contributed by atoms with Crippen LogP contribution in [-0.2, 0) is 14.3 Å². The second-order valence-electron chi connectivity index (χ2n) is 6.66. The van der Waals surface area contributed by atoms with Gasteiger partial charge in [0.25, 0.3) is 0 Å². The Morgan fingerprint density at radius 2 is 1.67 bits per heavy atom. The van der Waals surface area contributed by atoms with Crippen LogP contribution in [0.3, 0.4) is 0 Å².